The van der Waals surface area contributed by atoms with E-state index in [0.717, 1.165) is 6.42 Å². The lowest BCUT2D eigenvalue weighted by molar-refractivity contribution is 0.557. The Morgan fingerprint density at radius 1 is 1.40 bits per heavy atom. The summed E-state index contributed by atoms with van der Waals surface area (Å²) >= 11 is 0. The van der Waals surface area contributed by atoms with E-state index in [1.54, 1.807) is 0 Å². The van der Waals surface area contributed by atoms with Crippen LogP contribution in [0.25, 0.3) is 0 Å². The third-order valence-corrected chi connectivity index (χ3v) is 1.43. The van der Waals surface area contributed by atoms with E-state index < -0.39 is 0 Å². The van der Waals surface area contributed by atoms with Gasteiger partial charge in [0.15, 0.2) is 0 Å². The first-order valence-corrected chi connectivity index (χ1v) is 3.87. The molecular weight excluding hydrogens is 122 g/mol. The molecule has 0 saturated heterocycles. The Hall–Kier alpha value is -0.720. The maximum Gasteiger partial charge on any atom is 0.0108 e. The van der Waals surface area contributed by atoms with E-state index in [2.05, 4.69) is 37.2 Å². The summed E-state index contributed by atoms with van der Waals surface area (Å²) in [5.41, 5.74) is 1.34. The fourth-order valence-corrected chi connectivity index (χ4v) is 0.719. The Bertz CT molecular complexity index is 134. The molecule has 0 spiro atoms. The van der Waals surface area contributed by atoms with Gasteiger partial charge >= 0.3 is 0 Å². The molecule has 0 aromatic heterocycles. The van der Waals surface area contributed by atoms with E-state index in [1.807, 2.05) is 13.8 Å². The molecule has 1 aliphatic rings. The molecule has 0 N–H and O–H groups in total. The van der Waals surface area contributed by atoms with E-state index in [0.29, 0.717) is 0 Å². The van der Waals surface area contributed by atoms with Crippen molar-refractivity contribution in [2.75, 3.05) is 7.05 Å². The van der Waals surface area contributed by atoms with Crippen molar-refractivity contribution in [1.29, 1.82) is 0 Å². The van der Waals surface area contributed by atoms with Gasteiger partial charge in [0, 0.05) is 12.7 Å². The molecule has 0 atom stereocenters. The van der Waals surface area contributed by atoms with Gasteiger partial charge in [0.05, 0.1) is 0 Å². The van der Waals surface area contributed by atoms with Crippen molar-refractivity contribution in [3.63, 3.8) is 0 Å². The Labute approximate surface area is 64.0 Å². The summed E-state index contributed by atoms with van der Waals surface area (Å²) in [4.78, 5) is 2.11. The number of allylic oxidation sites excluding steroid dienone is 3. The largest absolute Gasteiger partial charge is 0.355 e. The van der Waals surface area contributed by atoms with Gasteiger partial charge in [-0.15, -0.1) is 0 Å². The second kappa shape index (κ2) is 5.10. The Kier molecular flexibility index (Phi) is 4.73. The second-order valence-electron chi connectivity index (χ2n) is 2.08. The zero-order valence-electron chi connectivity index (χ0n) is 7.39. The van der Waals surface area contributed by atoms with Gasteiger partial charge in [0.1, 0.15) is 0 Å². The van der Waals surface area contributed by atoms with E-state index >= 15 is 0 Å². The molecule has 1 rings (SSSR count). The van der Waals surface area contributed by atoms with Crippen molar-refractivity contribution in [2.45, 2.75) is 27.2 Å². The molecule has 0 bridgehead atoms. The van der Waals surface area contributed by atoms with E-state index in [4.69, 9.17) is 0 Å². The van der Waals surface area contributed by atoms with Crippen LogP contribution < -0.4 is 0 Å². The quantitative estimate of drug-likeness (QED) is 0.499. The zero-order valence-corrected chi connectivity index (χ0v) is 7.39. The molecule has 0 saturated carbocycles. The van der Waals surface area contributed by atoms with Gasteiger partial charge in [-0.05, 0) is 19.5 Å². The van der Waals surface area contributed by atoms with Crippen LogP contribution in [0.4, 0.5) is 0 Å². The smallest absolute Gasteiger partial charge is 0.0108 e. The monoisotopic (exact) mass is 139 g/mol. The molecule has 0 aromatic carbocycles. The topological polar surface area (TPSA) is 3.24 Å². The lowest BCUT2D eigenvalue weighted by Gasteiger charge is -2.16. The molecule has 0 amide bonds. The summed E-state index contributed by atoms with van der Waals surface area (Å²) in [6.07, 6.45) is 7.54. The van der Waals surface area contributed by atoms with Gasteiger partial charge < -0.3 is 4.90 Å². The molecule has 0 aliphatic carbocycles. The third kappa shape index (κ3) is 2.72. The van der Waals surface area contributed by atoms with E-state index in [9.17, 15) is 0 Å². The van der Waals surface area contributed by atoms with E-state index in [-0.39, 0.29) is 0 Å². The molecule has 0 radical (unpaired) electrons. The third-order valence-electron chi connectivity index (χ3n) is 1.43. The van der Waals surface area contributed by atoms with Crippen LogP contribution >= 0.6 is 0 Å². The van der Waals surface area contributed by atoms with Crippen LogP contribution in [0, 0.1) is 0 Å². The zero-order chi connectivity index (χ0) is 7.98. The molecule has 0 aromatic rings. The average Bonchev–Trinajstić information content (AvgIpc) is 2.00. The van der Waals surface area contributed by atoms with Gasteiger partial charge in [0.2, 0.25) is 0 Å². The van der Waals surface area contributed by atoms with Crippen LogP contribution in [0.2, 0.25) is 0 Å². The van der Waals surface area contributed by atoms with Crippen molar-refractivity contribution in [2.24, 2.45) is 0 Å². The first-order valence-electron chi connectivity index (χ1n) is 3.87. The van der Waals surface area contributed by atoms with Crippen molar-refractivity contribution in [1.82, 2.24) is 4.90 Å². The average molecular weight is 139 g/mol. The second-order valence-corrected chi connectivity index (χ2v) is 2.08. The van der Waals surface area contributed by atoms with Crippen molar-refractivity contribution >= 4 is 0 Å². The van der Waals surface area contributed by atoms with Crippen molar-refractivity contribution in [3.8, 4) is 0 Å². The summed E-state index contributed by atoms with van der Waals surface area (Å²) < 4.78 is 0. The predicted molar refractivity (Wildman–Crippen MR) is 46.6 cm³/mol. The molecule has 58 valence electrons. The lowest BCUT2D eigenvalue weighted by Crippen LogP contribution is -2.09. The van der Waals surface area contributed by atoms with Crippen LogP contribution in [0.1, 0.15) is 27.2 Å². The maximum absolute atomic E-state index is 2.21. The Balaban J connectivity index is 0.000000371. The minimum atomic E-state index is 1.09. The highest BCUT2D eigenvalue weighted by Gasteiger charge is 1.95. The summed E-state index contributed by atoms with van der Waals surface area (Å²) in [5, 5.41) is 0. The molecule has 1 heterocycles. The van der Waals surface area contributed by atoms with Crippen LogP contribution in [0.3, 0.4) is 0 Å². The molecule has 10 heavy (non-hydrogen) atoms. The molecule has 0 fully saturated rings. The van der Waals surface area contributed by atoms with Gasteiger partial charge in [-0.3, -0.25) is 0 Å². The molecule has 1 nitrogen and oxygen atoms in total. The first-order chi connectivity index (χ1) is 4.80. The minimum Gasteiger partial charge on any atom is -0.355 e. The summed E-state index contributed by atoms with van der Waals surface area (Å²) in [5.74, 6) is 0. The fourth-order valence-electron chi connectivity index (χ4n) is 0.719. The normalized spacial score (nSPS) is 15.6. The number of hydrogen-bond donors (Lipinski definition) is 0. The summed E-state index contributed by atoms with van der Waals surface area (Å²) in [7, 11) is 2.06. The van der Waals surface area contributed by atoms with Crippen LogP contribution in [-0.2, 0) is 0 Å². The lowest BCUT2D eigenvalue weighted by atomic mass is 10.2. The maximum atomic E-state index is 2.21. The van der Waals surface area contributed by atoms with Gasteiger partial charge in [-0.25, -0.2) is 0 Å². The van der Waals surface area contributed by atoms with Crippen molar-refractivity contribution in [3.05, 3.63) is 24.0 Å². The van der Waals surface area contributed by atoms with Gasteiger partial charge in [-0.1, -0.05) is 26.0 Å². The molecular formula is C9H17N. The summed E-state index contributed by atoms with van der Waals surface area (Å²) in [6, 6.07) is 0. The Morgan fingerprint density at radius 3 is 2.30 bits per heavy atom. The summed E-state index contributed by atoms with van der Waals surface area (Å²) in [6.45, 7) is 6.11. The Morgan fingerprint density at radius 2 is 2.00 bits per heavy atom. The molecule has 1 heteroatoms. The molecule has 1 aliphatic heterocycles. The van der Waals surface area contributed by atoms with Crippen molar-refractivity contribution < 1.29 is 0 Å². The SMILES string of the molecule is CC.CC1=CCC=CN1C. The first kappa shape index (κ1) is 9.28. The highest BCUT2D eigenvalue weighted by Crippen LogP contribution is 2.07. The number of nitrogens with zero attached hydrogens (tertiary/aromatic N) is 1. The van der Waals surface area contributed by atoms with Gasteiger partial charge in [0.25, 0.3) is 0 Å². The highest BCUT2D eigenvalue weighted by atomic mass is 15.1. The standard InChI is InChI=1S/C7H11N.C2H6/c1-7-5-3-4-6-8(7)2;1-2/h4-6H,3H2,1-2H3;1-2H3. The minimum absolute atomic E-state index is 1.09. The molecule has 0 unspecified atom stereocenters. The van der Waals surface area contributed by atoms with E-state index in [1.165, 1.54) is 5.70 Å². The van der Waals surface area contributed by atoms with Crippen LogP contribution in [0.5, 0.6) is 0 Å². The van der Waals surface area contributed by atoms with Gasteiger partial charge in [-0.2, -0.15) is 0 Å². The van der Waals surface area contributed by atoms with Crippen LogP contribution in [-0.4, -0.2) is 11.9 Å². The number of rotatable bonds is 0. The van der Waals surface area contributed by atoms with Crippen LogP contribution in [0.15, 0.2) is 24.0 Å². The predicted octanol–water partition coefficient (Wildman–Crippen LogP) is 2.77. The fraction of sp³-hybridized carbons (Fsp3) is 0.556. The number of hydrogen-bond acceptors (Lipinski definition) is 1. The highest BCUT2D eigenvalue weighted by molar-refractivity contribution is 5.09.